The van der Waals surface area contributed by atoms with Crippen LogP contribution in [0.5, 0.6) is 0 Å². The van der Waals surface area contributed by atoms with Crippen LogP contribution in [-0.2, 0) is 16.0 Å². The Hall–Kier alpha value is -0.910. The SMILES string of the molecule is O=C(Cc1c(Cl)cccc1Cl)NC1(C(=O)O)CCSCC1. The van der Waals surface area contributed by atoms with Crippen molar-refractivity contribution in [1.82, 2.24) is 5.32 Å². The molecule has 0 saturated carbocycles. The molecule has 114 valence electrons. The maximum Gasteiger partial charge on any atom is 0.329 e. The molecular weight excluding hydrogens is 333 g/mol. The third-order valence-corrected chi connectivity index (χ3v) is 5.23. The molecule has 4 nitrogen and oxygen atoms in total. The van der Waals surface area contributed by atoms with Gasteiger partial charge in [0.1, 0.15) is 5.54 Å². The highest BCUT2D eigenvalue weighted by atomic mass is 35.5. The van der Waals surface area contributed by atoms with E-state index in [-0.39, 0.29) is 12.3 Å². The molecule has 2 N–H and O–H groups in total. The first kappa shape index (κ1) is 16.5. The van der Waals surface area contributed by atoms with Crippen LogP contribution in [0.1, 0.15) is 18.4 Å². The summed E-state index contributed by atoms with van der Waals surface area (Å²) in [4.78, 5) is 23.7. The zero-order valence-electron chi connectivity index (χ0n) is 11.2. The molecule has 0 spiro atoms. The Bertz CT molecular complexity index is 539. The van der Waals surface area contributed by atoms with Crippen LogP contribution in [-0.4, -0.2) is 34.0 Å². The summed E-state index contributed by atoms with van der Waals surface area (Å²) in [6.07, 6.45) is 0.824. The van der Waals surface area contributed by atoms with Crippen molar-refractivity contribution in [3.8, 4) is 0 Å². The minimum Gasteiger partial charge on any atom is -0.480 e. The van der Waals surface area contributed by atoms with Gasteiger partial charge >= 0.3 is 5.97 Å². The first-order valence-electron chi connectivity index (χ1n) is 6.50. The molecule has 0 radical (unpaired) electrons. The van der Waals surface area contributed by atoms with E-state index >= 15 is 0 Å². The van der Waals surface area contributed by atoms with Crippen LogP contribution < -0.4 is 5.32 Å². The predicted octanol–water partition coefficient (Wildman–Crippen LogP) is 3.00. The summed E-state index contributed by atoms with van der Waals surface area (Å²) < 4.78 is 0. The summed E-state index contributed by atoms with van der Waals surface area (Å²) in [7, 11) is 0. The first-order chi connectivity index (χ1) is 9.94. The maximum atomic E-state index is 12.2. The minimum absolute atomic E-state index is 0.0271. The van der Waals surface area contributed by atoms with Crippen molar-refractivity contribution >= 4 is 46.8 Å². The van der Waals surface area contributed by atoms with Gasteiger partial charge in [0.15, 0.2) is 0 Å². The molecule has 2 rings (SSSR count). The van der Waals surface area contributed by atoms with Crippen molar-refractivity contribution < 1.29 is 14.7 Å². The molecule has 0 unspecified atom stereocenters. The quantitative estimate of drug-likeness (QED) is 0.878. The zero-order chi connectivity index (χ0) is 15.5. The first-order valence-corrected chi connectivity index (χ1v) is 8.41. The third-order valence-electron chi connectivity index (χ3n) is 3.53. The second-order valence-corrected chi connectivity index (χ2v) is 6.96. The molecule has 1 aromatic carbocycles. The molecule has 0 aromatic heterocycles. The number of hydrogen-bond donors (Lipinski definition) is 2. The molecule has 1 aromatic rings. The van der Waals surface area contributed by atoms with E-state index in [0.717, 1.165) is 11.5 Å². The summed E-state index contributed by atoms with van der Waals surface area (Å²) in [5.74, 6) is 0.0829. The summed E-state index contributed by atoms with van der Waals surface area (Å²) >= 11 is 13.8. The number of carboxylic acids is 1. The van der Waals surface area contributed by atoms with Gasteiger partial charge in [-0.25, -0.2) is 4.79 Å². The topological polar surface area (TPSA) is 66.4 Å². The molecule has 7 heteroatoms. The van der Waals surface area contributed by atoms with Gasteiger partial charge in [0.25, 0.3) is 0 Å². The van der Waals surface area contributed by atoms with E-state index in [2.05, 4.69) is 5.32 Å². The van der Waals surface area contributed by atoms with Crippen molar-refractivity contribution in [1.29, 1.82) is 0 Å². The lowest BCUT2D eigenvalue weighted by Gasteiger charge is -2.33. The Kier molecular flexibility index (Phi) is 5.41. The Morgan fingerprint density at radius 2 is 1.81 bits per heavy atom. The highest BCUT2D eigenvalue weighted by molar-refractivity contribution is 7.99. The van der Waals surface area contributed by atoms with Crippen LogP contribution in [0.4, 0.5) is 0 Å². The van der Waals surface area contributed by atoms with E-state index in [1.807, 2.05) is 0 Å². The van der Waals surface area contributed by atoms with E-state index in [4.69, 9.17) is 23.2 Å². The number of carbonyl (C=O) groups excluding carboxylic acids is 1. The van der Waals surface area contributed by atoms with Gasteiger partial charge in [-0.15, -0.1) is 0 Å². The number of aliphatic carboxylic acids is 1. The largest absolute Gasteiger partial charge is 0.480 e. The molecule has 1 aliphatic rings. The lowest BCUT2D eigenvalue weighted by atomic mass is 9.92. The van der Waals surface area contributed by atoms with E-state index in [9.17, 15) is 14.7 Å². The van der Waals surface area contributed by atoms with E-state index in [0.29, 0.717) is 28.5 Å². The van der Waals surface area contributed by atoms with Gasteiger partial charge in [-0.1, -0.05) is 29.3 Å². The van der Waals surface area contributed by atoms with E-state index < -0.39 is 11.5 Å². The molecule has 1 aliphatic heterocycles. The van der Waals surface area contributed by atoms with Crippen molar-refractivity contribution in [2.45, 2.75) is 24.8 Å². The van der Waals surface area contributed by atoms with Crippen molar-refractivity contribution in [2.75, 3.05) is 11.5 Å². The number of hydrogen-bond acceptors (Lipinski definition) is 3. The maximum absolute atomic E-state index is 12.2. The summed E-state index contributed by atoms with van der Waals surface area (Å²) in [5.41, 5.74) is -0.653. The average molecular weight is 348 g/mol. The van der Waals surface area contributed by atoms with E-state index in [1.54, 1.807) is 30.0 Å². The number of halogens is 2. The number of nitrogens with one attached hydrogen (secondary N) is 1. The fraction of sp³-hybridized carbons (Fsp3) is 0.429. The van der Waals surface area contributed by atoms with Gasteiger partial charge in [0.05, 0.1) is 6.42 Å². The second kappa shape index (κ2) is 6.90. The monoisotopic (exact) mass is 347 g/mol. The number of amides is 1. The normalized spacial score (nSPS) is 17.2. The van der Waals surface area contributed by atoms with Crippen LogP contribution in [0.25, 0.3) is 0 Å². The Labute approximate surface area is 137 Å². The fourth-order valence-corrected chi connectivity index (χ4v) is 4.01. The fourth-order valence-electron chi connectivity index (χ4n) is 2.29. The summed E-state index contributed by atoms with van der Waals surface area (Å²) in [6, 6.07) is 5.00. The average Bonchev–Trinajstić information content (AvgIpc) is 2.44. The minimum atomic E-state index is -1.17. The lowest BCUT2D eigenvalue weighted by Crippen LogP contribution is -2.56. The Morgan fingerprint density at radius 3 is 2.33 bits per heavy atom. The van der Waals surface area contributed by atoms with Gasteiger partial charge in [0, 0.05) is 10.0 Å². The van der Waals surface area contributed by atoms with Crippen molar-refractivity contribution in [2.24, 2.45) is 0 Å². The number of rotatable bonds is 4. The molecule has 1 amide bonds. The van der Waals surface area contributed by atoms with Crippen LogP contribution in [0.2, 0.25) is 10.0 Å². The molecule has 1 heterocycles. The lowest BCUT2D eigenvalue weighted by molar-refractivity contribution is -0.148. The van der Waals surface area contributed by atoms with Crippen molar-refractivity contribution in [3.63, 3.8) is 0 Å². The molecule has 0 bridgehead atoms. The van der Waals surface area contributed by atoms with Gasteiger partial charge in [-0.3, -0.25) is 4.79 Å². The smallest absolute Gasteiger partial charge is 0.329 e. The molecule has 1 fully saturated rings. The predicted molar refractivity (Wildman–Crippen MR) is 85.2 cm³/mol. The molecular formula is C14H15Cl2NO3S. The third kappa shape index (κ3) is 3.84. The standard InChI is InChI=1S/C14H15Cl2NO3S/c15-10-2-1-3-11(16)9(10)8-12(18)17-14(13(19)20)4-6-21-7-5-14/h1-3H,4-8H2,(H,17,18)(H,19,20). The van der Waals surface area contributed by atoms with Crippen LogP contribution in [0, 0.1) is 0 Å². The molecule has 1 saturated heterocycles. The Balaban J connectivity index is 2.11. The number of thioether (sulfide) groups is 1. The summed E-state index contributed by atoms with van der Waals surface area (Å²) in [6.45, 7) is 0. The highest BCUT2D eigenvalue weighted by Crippen LogP contribution is 2.29. The van der Waals surface area contributed by atoms with Gasteiger partial charge < -0.3 is 10.4 Å². The second-order valence-electron chi connectivity index (χ2n) is 4.92. The molecule has 0 atom stereocenters. The number of carbonyl (C=O) groups is 2. The van der Waals surface area contributed by atoms with Gasteiger partial charge in [-0.05, 0) is 42.0 Å². The Morgan fingerprint density at radius 1 is 1.24 bits per heavy atom. The molecule has 21 heavy (non-hydrogen) atoms. The van der Waals surface area contributed by atoms with Crippen LogP contribution >= 0.6 is 35.0 Å². The van der Waals surface area contributed by atoms with Gasteiger partial charge in [0.2, 0.25) is 5.91 Å². The summed E-state index contributed by atoms with van der Waals surface area (Å²) in [5, 5.41) is 12.9. The van der Waals surface area contributed by atoms with E-state index in [1.165, 1.54) is 0 Å². The van der Waals surface area contributed by atoms with Crippen LogP contribution in [0.3, 0.4) is 0 Å². The van der Waals surface area contributed by atoms with Gasteiger partial charge in [-0.2, -0.15) is 11.8 Å². The number of benzene rings is 1. The zero-order valence-corrected chi connectivity index (χ0v) is 13.5. The van der Waals surface area contributed by atoms with Crippen molar-refractivity contribution in [3.05, 3.63) is 33.8 Å². The van der Waals surface area contributed by atoms with Crippen LogP contribution in [0.15, 0.2) is 18.2 Å². The molecule has 0 aliphatic carbocycles. The highest BCUT2D eigenvalue weighted by Gasteiger charge is 2.41. The number of carboxylic acid groups (broad SMARTS) is 1.